The van der Waals surface area contributed by atoms with Crippen LogP contribution in [0, 0.1) is 0 Å². The Bertz CT molecular complexity index is 2240. The van der Waals surface area contributed by atoms with E-state index in [4.69, 9.17) is 14.0 Å². The fourth-order valence-electron chi connectivity index (χ4n) is 5.38. The first-order valence-corrected chi connectivity index (χ1v) is 20.1. The molecular weight excluding hydrogens is 689 g/mol. The van der Waals surface area contributed by atoms with Crippen LogP contribution < -0.4 is 35.5 Å². The zero-order chi connectivity index (χ0) is 37.0. The molecule has 0 aliphatic carbocycles. The van der Waals surface area contributed by atoms with Crippen molar-refractivity contribution in [3.63, 3.8) is 0 Å². The van der Waals surface area contributed by atoms with Gasteiger partial charge in [-0.2, -0.15) is 0 Å². The number of ether oxygens (including phenoxy) is 2. The summed E-state index contributed by atoms with van der Waals surface area (Å²) in [5, 5.41) is 11.0. The van der Waals surface area contributed by atoms with Crippen molar-refractivity contribution < 1.29 is 31.8 Å². The normalized spacial score (nSPS) is 12.8. The second-order valence-electron chi connectivity index (χ2n) is 12.9. The fraction of sp³-hybridized carbons (Fsp3) is 0.243. The van der Waals surface area contributed by atoms with E-state index in [9.17, 15) is 17.8 Å². The summed E-state index contributed by atoms with van der Waals surface area (Å²) in [6.07, 6.45) is 2.70. The molecule has 12 nitrogen and oxygen atoms in total. The lowest BCUT2D eigenvalue weighted by Gasteiger charge is -2.22. The largest absolute Gasteiger partial charge is 0.496 e. The smallest absolute Gasteiger partial charge is 0.323 e. The third kappa shape index (κ3) is 9.57. The molecule has 0 spiro atoms. The first kappa shape index (κ1) is 37.2. The molecule has 4 aromatic carbocycles. The number of amides is 2. The van der Waals surface area contributed by atoms with Gasteiger partial charge in [0.05, 0.1) is 36.7 Å². The van der Waals surface area contributed by atoms with Gasteiger partial charge >= 0.3 is 6.03 Å². The number of methoxy groups -OCH3 is 1. The summed E-state index contributed by atoms with van der Waals surface area (Å²) in [7, 11) is -5.06. The Morgan fingerprint density at radius 3 is 2.27 bits per heavy atom. The molecule has 1 aromatic heterocycles. The number of hydrogen-bond acceptors (Lipinski definition) is 9. The number of benzene rings is 4. The molecule has 268 valence electrons. The van der Waals surface area contributed by atoms with Crippen molar-refractivity contribution in [3.8, 4) is 17.2 Å². The van der Waals surface area contributed by atoms with E-state index in [-0.39, 0.29) is 5.41 Å². The van der Waals surface area contributed by atoms with E-state index in [2.05, 4.69) is 25.7 Å². The van der Waals surface area contributed by atoms with Gasteiger partial charge in [0.2, 0.25) is 17.4 Å². The van der Waals surface area contributed by atoms with Crippen molar-refractivity contribution in [2.24, 2.45) is 0 Å². The van der Waals surface area contributed by atoms with Gasteiger partial charge in [-0.15, -0.1) is 0 Å². The lowest BCUT2D eigenvalue weighted by atomic mass is 9.86. The highest BCUT2D eigenvalue weighted by molar-refractivity contribution is 7.92. The van der Waals surface area contributed by atoms with Gasteiger partial charge in [0.25, 0.3) is 0 Å². The number of rotatable bonds is 12. The van der Waals surface area contributed by atoms with Crippen LogP contribution in [0.3, 0.4) is 0 Å². The van der Waals surface area contributed by atoms with Gasteiger partial charge < -0.3 is 29.9 Å². The summed E-state index contributed by atoms with van der Waals surface area (Å²) in [5.74, 6) is 2.03. The lowest BCUT2D eigenvalue weighted by molar-refractivity contribution is 0.262. The number of aromatic nitrogens is 1. The van der Waals surface area contributed by atoms with E-state index in [0.717, 1.165) is 22.6 Å². The number of fused-ring (bicyclic) bond motifs is 1. The average Bonchev–Trinajstić information content (AvgIpc) is 3.04. The molecule has 2 amide bonds. The van der Waals surface area contributed by atoms with Crippen LogP contribution in [-0.4, -0.2) is 46.1 Å². The number of carbonyl (C=O) groups excluding carboxylic acids is 1. The Hall–Kier alpha value is -5.10. The van der Waals surface area contributed by atoms with Crippen molar-refractivity contribution >= 4 is 68.1 Å². The average molecular weight is 732 g/mol. The molecule has 0 aliphatic rings. The van der Waals surface area contributed by atoms with Crippen LogP contribution in [0.4, 0.5) is 33.4 Å². The van der Waals surface area contributed by atoms with Crippen molar-refractivity contribution in [2.75, 3.05) is 47.3 Å². The second-order valence-corrected chi connectivity index (χ2v) is 17.1. The third-order valence-corrected chi connectivity index (χ3v) is 10.3. The predicted octanol–water partition coefficient (Wildman–Crippen LogP) is 8.66. The monoisotopic (exact) mass is 731 g/mol. The van der Waals surface area contributed by atoms with E-state index in [1.54, 1.807) is 74.4 Å². The second kappa shape index (κ2) is 15.0. The Labute approximate surface area is 298 Å². The summed E-state index contributed by atoms with van der Waals surface area (Å²) >= 11 is 0. The molecule has 0 aliphatic heterocycles. The van der Waals surface area contributed by atoms with Gasteiger partial charge in [-0.05, 0) is 66.4 Å². The molecule has 0 fully saturated rings. The van der Waals surface area contributed by atoms with Crippen LogP contribution in [0.5, 0.6) is 17.2 Å². The van der Waals surface area contributed by atoms with Crippen LogP contribution in [-0.2, 0) is 24.5 Å². The molecule has 1 unspecified atom stereocenters. The predicted molar refractivity (Wildman–Crippen MR) is 206 cm³/mol. The number of carbonyl (C=O) groups is 1. The maximum atomic E-state index is 13.2. The maximum Gasteiger partial charge on any atom is 0.323 e. The van der Waals surface area contributed by atoms with Crippen LogP contribution in [0.1, 0.15) is 33.3 Å². The molecule has 1 heterocycles. The number of urea groups is 1. The minimum Gasteiger partial charge on any atom is -0.496 e. The van der Waals surface area contributed by atoms with Gasteiger partial charge in [-0.1, -0.05) is 45.0 Å². The summed E-state index contributed by atoms with van der Waals surface area (Å²) in [5.41, 5.74) is 2.55. The van der Waals surface area contributed by atoms with Gasteiger partial charge in [-0.25, -0.2) is 18.2 Å². The molecule has 0 bridgehead atoms. The minimum atomic E-state index is -3.53. The molecule has 0 saturated carbocycles. The maximum absolute atomic E-state index is 13.2. The fourth-order valence-corrected chi connectivity index (χ4v) is 7.46. The van der Waals surface area contributed by atoms with Gasteiger partial charge in [-0.3, -0.25) is 9.29 Å². The Morgan fingerprint density at radius 1 is 0.863 bits per heavy atom. The highest BCUT2D eigenvalue weighted by atomic mass is 32.2. The Kier molecular flexibility index (Phi) is 10.9. The number of hydrogen-bond donors (Lipinski definition) is 4. The topological polar surface area (TPSA) is 157 Å². The molecular formula is C37H42N5O7PS. The summed E-state index contributed by atoms with van der Waals surface area (Å²) in [6, 6.07) is 24.4. The lowest BCUT2D eigenvalue weighted by Crippen LogP contribution is -2.21. The molecule has 0 saturated heterocycles. The first-order valence-electron chi connectivity index (χ1n) is 16.1. The number of nitrogens with one attached hydrogen (secondary N) is 4. The standard InChI is InChI=1S/C37H42N5O7PS/c1-8-48-50(6,44)34-16-13-25(22-33(34)47-5)39-35-23-28(17-18-38-35)49-32-15-14-31(29-11-9-10-12-30(29)32)41-36(43)40-26-19-24(37(2,3)4)20-27(21-26)42-51(7,45)46/h9-23,42H,8H2,1-7H3,(H,38,39)(H2,40,41,43). The molecule has 5 rings (SSSR count). The van der Waals surface area contributed by atoms with Crippen LogP contribution >= 0.6 is 7.37 Å². The minimum absolute atomic E-state index is 0.301. The quantitative estimate of drug-likeness (QED) is 0.0922. The van der Waals surface area contributed by atoms with Crippen LogP contribution in [0.25, 0.3) is 10.8 Å². The molecule has 51 heavy (non-hydrogen) atoms. The SMILES string of the molecule is CCOP(C)(=O)c1ccc(Nc2cc(Oc3ccc(NC(=O)Nc4cc(NS(C)(=O)=O)cc(C(C)(C)C)c4)c4ccccc34)ccn2)cc1OC. The number of pyridine rings is 1. The zero-order valence-electron chi connectivity index (χ0n) is 29.5. The highest BCUT2D eigenvalue weighted by Gasteiger charge is 2.24. The van der Waals surface area contributed by atoms with Crippen LogP contribution in [0.2, 0.25) is 0 Å². The van der Waals surface area contributed by atoms with Crippen molar-refractivity contribution in [2.45, 2.75) is 33.1 Å². The third-order valence-electron chi connectivity index (χ3n) is 7.72. The van der Waals surface area contributed by atoms with Gasteiger partial charge in [0.15, 0.2) is 0 Å². The van der Waals surface area contributed by atoms with Crippen molar-refractivity contribution in [1.82, 2.24) is 4.98 Å². The first-order chi connectivity index (χ1) is 24.0. The molecule has 1 atom stereocenters. The van der Waals surface area contributed by atoms with Crippen LogP contribution in [0.15, 0.2) is 91.1 Å². The number of nitrogens with zero attached hydrogens (tertiary/aromatic N) is 1. The number of anilines is 5. The number of sulfonamides is 1. The van der Waals surface area contributed by atoms with E-state index >= 15 is 0 Å². The summed E-state index contributed by atoms with van der Waals surface area (Å²) < 4.78 is 56.7. The Balaban J connectivity index is 1.34. The van der Waals surface area contributed by atoms with Crippen molar-refractivity contribution in [3.05, 3.63) is 96.7 Å². The summed E-state index contributed by atoms with van der Waals surface area (Å²) in [4.78, 5) is 17.7. The molecule has 5 aromatic rings. The van der Waals surface area contributed by atoms with Gasteiger partial charge in [0, 0.05) is 47.1 Å². The van der Waals surface area contributed by atoms with Crippen molar-refractivity contribution in [1.29, 1.82) is 0 Å². The Morgan fingerprint density at radius 2 is 1.59 bits per heavy atom. The molecule has 14 heteroatoms. The van der Waals surface area contributed by atoms with Gasteiger partial charge in [0.1, 0.15) is 23.1 Å². The molecule has 4 N–H and O–H groups in total. The van der Waals surface area contributed by atoms with E-state index < -0.39 is 23.4 Å². The molecule has 0 radical (unpaired) electrons. The summed E-state index contributed by atoms with van der Waals surface area (Å²) in [6.45, 7) is 9.68. The van der Waals surface area contributed by atoms with E-state index in [1.165, 1.54) is 7.11 Å². The van der Waals surface area contributed by atoms with E-state index in [1.807, 2.05) is 51.1 Å². The van der Waals surface area contributed by atoms with E-state index in [0.29, 0.717) is 57.7 Å². The highest BCUT2D eigenvalue weighted by Crippen LogP contribution is 2.45. The zero-order valence-corrected chi connectivity index (χ0v) is 31.2.